The molecule has 0 spiro atoms. The molecule has 0 unspecified atom stereocenters. The van der Waals surface area contributed by atoms with Crippen molar-refractivity contribution in [1.29, 1.82) is 0 Å². The van der Waals surface area contributed by atoms with E-state index < -0.39 is 22.9 Å². The first-order valence-corrected chi connectivity index (χ1v) is 16.4. The van der Waals surface area contributed by atoms with Crippen LogP contribution in [0.15, 0.2) is 59.5 Å². The largest absolute Gasteiger partial charge is 0.357 e. The van der Waals surface area contributed by atoms with Crippen LogP contribution in [-0.2, 0) is 25.6 Å². The Morgan fingerprint density at radius 2 is 1.66 bits per heavy atom. The topological polar surface area (TPSA) is 139 Å². The fraction of sp³-hybridized carbons (Fsp3) is 0.429. The van der Waals surface area contributed by atoms with Crippen molar-refractivity contribution in [2.45, 2.75) is 50.6 Å². The first-order chi connectivity index (χ1) is 19.5. The van der Waals surface area contributed by atoms with Gasteiger partial charge in [0.15, 0.2) is 5.12 Å². The molecule has 2 aromatic rings. The molecule has 0 bridgehead atoms. The fourth-order valence-electron chi connectivity index (χ4n) is 3.94. The minimum atomic E-state index is -0.880. The minimum Gasteiger partial charge on any atom is -0.357 e. The number of hydrogen-bond acceptors (Lipinski definition) is 9. The van der Waals surface area contributed by atoms with Crippen molar-refractivity contribution in [3.63, 3.8) is 0 Å². The average Bonchev–Trinajstić information content (AvgIpc) is 2.94. The van der Waals surface area contributed by atoms with Crippen molar-refractivity contribution in [1.82, 2.24) is 15.5 Å². The van der Waals surface area contributed by atoms with Crippen molar-refractivity contribution in [3.05, 3.63) is 70.3 Å². The zero-order chi connectivity index (χ0) is 30.4. The van der Waals surface area contributed by atoms with Gasteiger partial charge in [-0.1, -0.05) is 89.7 Å². The molecule has 13 heteroatoms. The third-order valence-corrected chi connectivity index (χ3v) is 9.06. The number of nitrogens with zero attached hydrogens (tertiary/aromatic N) is 2. The van der Waals surface area contributed by atoms with Crippen molar-refractivity contribution in [2.24, 2.45) is 5.92 Å². The molecule has 2 atom stereocenters. The number of amides is 3. The van der Waals surface area contributed by atoms with Crippen LogP contribution >= 0.6 is 33.3 Å². The van der Waals surface area contributed by atoms with Gasteiger partial charge in [-0.2, -0.15) is 0 Å². The Morgan fingerprint density at radius 3 is 2.27 bits per heavy atom. The van der Waals surface area contributed by atoms with Gasteiger partial charge in [0, 0.05) is 38.8 Å². The molecule has 3 amide bonds. The highest BCUT2D eigenvalue weighted by Crippen LogP contribution is 2.37. The second-order valence-corrected chi connectivity index (χ2v) is 13.1. The van der Waals surface area contributed by atoms with Gasteiger partial charge in [0.25, 0.3) is 5.69 Å². The lowest BCUT2D eigenvalue weighted by molar-refractivity contribution is -0.387. The van der Waals surface area contributed by atoms with E-state index in [-0.39, 0.29) is 47.3 Å². The van der Waals surface area contributed by atoms with Gasteiger partial charge in [-0.25, -0.2) is 0 Å². The molecule has 10 nitrogen and oxygen atoms in total. The number of hydrogen-bond donors (Lipinski definition) is 2. The van der Waals surface area contributed by atoms with Gasteiger partial charge in [0.2, 0.25) is 17.7 Å². The quantitative estimate of drug-likeness (QED) is 0.122. The molecule has 0 aliphatic heterocycles. The second kappa shape index (κ2) is 17.7. The summed E-state index contributed by atoms with van der Waals surface area (Å²) in [5, 5.41) is 16.6. The number of benzene rings is 2. The summed E-state index contributed by atoms with van der Waals surface area (Å²) >= 11 is 0.868. The molecule has 2 aromatic carbocycles. The number of carbonyl (C=O) groups is 4. The Hall–Kier alpha value is -3.03. The van der Waals surface area contributed by atoms with Crippen LogP contribution in [0.25, 0.3) is 0 Å². The summed E-state index contributed by atoms with van der Waals surface area (Å²) in [6, 6.07) is 14.0. The summed E-state index contributed by atoms with van der Waals surface area (Å²) in [5.41, 5.74) is 0.863. The maximum atomic E-state index is 13.7. The molecule has 222 valence electrons. The van der Waals surface area contributed by atoms with Crippen LogP contribution in [0.3, 0.4) is 0 Å². The maximum absolute atomic E-state index is 13.7. The van der Waals surface area contributed by atoms with Crippen molar-refractivity contribution in [3.8, 4) is 0 Å². The van der Waals surface area contributed by atoms with E-state index in [9.17, 15) is 29.3 Å². The van der Waals surface area contributed by atoms with Gasteiger partial charge < -0.3 is 15.5 Å². The Bertz CT molecular complexity index is 1200. The number of thioether (sulfide) groups is 1. The van der Waals surface area contributed by atoms with Crippen molar-refractivity contribution in [2.75, 3.05) is 25.1 Å². The van der Waals surface area contributed by atoms with Gasteiger partial charge in [0.1, 0.15) is 12.1 Å². The SMILES string of the molecule is CNC(=O)[C@H](Cc1ccccc1)NC(=O)[C@H](CC(C)C)N(CCSSc1ccccc1[N+](=O)[O-])C(=O)CSC(C)=O. The third kappa shape index (κ3) is 11.8. The van der Waals surface area contributed by atoms with Crippen LogP contribution in [0.5, 0.6) is 0 Å². The molecular formula is C28H36N4O6S3. The summed E-state index contributed by atoms with van der Waals surface area (Å²) in [6.45, 7) is 5.42. The maximum Gasteiger partial charge on any atom is 0.283 e. The molecule has 2 rings (SSSR count). The molecule has 0 saturated heterocycles. The minimum absolute atomic E-state index is 0.00786. The van der Waals surface area contributed by atoms with Crippen LogP contribution in [0.4, 0.5) is 5.69 Å². The molecule has 0 heterocycles. The summed E-state index contributed by atoms with van der Waals surface area (Å²) in [6.07, 6.45) is 0.618. The summed E-state index contributed by atoms with van der Waals surface area (Å²) < 4.78 is 0. The zero-order valence-electron chi connectivity index (χ0n) is 23.5. The molecule has 2 N–H and O–H groups in total. The van der Waals surface area contributed by atoms with Gasteiger partial charge in [-0.05, 0) is 24.0 Å². The van der Waals surface area contributed by atoms with Crippen LogP contribution < -0.4 is 10.6 Å². The van der Waals surface area contributed by atoms with Crippen LogP contribution in [0, 0.1) is 16.0 Å². The van der Waals surface area contributed by atoms with E-state index in [1.54, 1.807) is 18.2 Å². The van der Waals surface area contributed by atoms with E-state index >= 15 is 0 Å². The van der Waals surface area contributed by atoms with E-state index in [4.69, 9.17) is 0 Å². The molecule has 0 fully saturated rings. The Kier molecular flexibility index (Phi) is 14.8. The number of carbonyl (C=O) groups excluding carboxylic acids is 4. The smallest absolute Gasteiger partial charge is 0.283 e. The summed E-state index contributed by atoms with van der Waals surface area (Å²) in [5.74, 6) is -0.891. The predicted octanol–water partition coefficient (Wildman–Crippen LogP) is 4.33. The van der Waals surface area contributed by atoms with Gasteiger partial charge >= 0.3 is 0 Å². The van der Waals surface area contributed by atoms with Crippen LogP contribution in [0.1, 0.15) is 32.8 Å². The van der Waals surface area contributed by atoms with E-state index in [1.165, 1.54) is 46.5 Å². The number of para-hydroxylation sites is 1. The monoisotopic (exact) mass is 620 g/mol. The molecular weight excluding hydrogens is 585 g/mol. The lowest BCUT2D eigenvalue weighted by Gasteiger charge is -2.33. The second-order valence-electron chi connectivity index (χ2n) is 9.51. The molecule has 0 radical (unpaired) electrons. The number of nitro groups is 1. The highest BCUT2D eigenvalue weighted by molar-refractivity contribution is 8.76. The van der Waals surface area contributed by atoms with Crippen molar-refractivity contribution >= 4 is 61.9 Å². The average molecular weight is 621 g/mol. The Labute approximate surface area is 252 Å². The molecule has 41 heavy (non-hydrogen) atoms. The lowest BCUT2D eigenvalue weighted by Crippen LogP contribution is -2.56. The van der Waals surface area contributed by atoms with E-state index in [2.05, 4.69) is 10.6 Å². The van der Waals surface area contributed by atoms with Crippen molar-refractivity contribution < 1.29 is 24.1 Å². The van der Waals surface area contributed by atoms with Crippen LogP contribution in [0.2, 0.25) is 0 Å². The number of rotatable bonds is 16. The van der Waals surface area contributed by atoms with Crippen LogP contribution in [-0.4, -0.2) is 69.8 Å². The number of nitrogens with one attached hydrogen (secondary N) is 2. The summed E-state index contributed by atoms with van der Waals surface area (Å²) in [7, 11) is 4.05. The Balaban J connectivity index is 2.25. The molecule has 0 saturated carbocycles. The predicted molar refractivity (Wildman–Crippen MR) is 166 cm³/mol. The standard InChI is InChI=1S/C28H36N4O6S3/c1-19(2)16-24(28(36)30-22(27(35)29-4)17-21-10-6-5-7-11-21)31(26(34)18-39-20(3)33)14-15-40-41-25-13-9-8-12-23(25)32(37)38/h5-13,19,22,24H,14-18H2,1-4H3,(H,29,35)(H,30,36)/t22-,24-/m0/s1. The van der Waals surface area contributed by atoms with E-state index in [0.717, 1.165) is 17.3 Å². The lowest BCUT2D eigenvalue weighted by atomic mass is 9.99. The number of likely N-dealkylation sites (N-methyl/N-ethyl adjacent to an activating group) is 1. The first kappa shape index (κ1) is 34.2. The van der Waals surface area contributed by atoms with Gasteiger partial charge in [-0.15, -0.1) is 0 Å². The normalized spacial score (nSPS) is 12.3. The first-order valence-electron chi connectivity index (χ1n) is 13.0. The highest BCUT2D eigenvalue weighted by Gasteiger charge is 2.33. The Morgan fingerprint density at radius 1 is 1.00 bits per heavy atom. The number of nitro benzene ring substituents is 1. The highest BCUT2D eigenvalue weighted by atomic mass is 33.1. The van der Waals surface area contributed by atoms with E-state index in [1.807, 2.05) is 44.2 Å². The summed E-state index contributed by atoms with van der Waals surface area (Å²) in [4.78, 5) is 64.2. The van der Waals surface area contributed by atoms with Gasteiger partial charge in [-0.3, -0.25) is 29.3 Å². The fourth-order valence-corrected chi connectivity index (χ4v) is 6.56. The molecule has 0 aliphatic carbocycles. The van der Waals surface area contributed by atoms with E-state index in [0.29, 0.717) is 17.1 Å². The van der Waals surface area contributed by atoms with Gasteiger partial charge in [0.05, 0.1) is 15.6 Å². The zero-order valence-corrected chi connectivity index (χ0v) is 26.0. The molecule has 0 aliphatic rings. The third-order valence-electron chi connectivity index (χ3n) is 5.88. The molecule has 0 aromatic heterocycles.